The van der Waals surface area contributed by atoms with Crippen LogP contribution in [-0.2, 0) is 4.79 Å². The number of carboxylic acids is 1. The summed E-state index contributed by atoms with van der Waals surface area (Å²) in [5.74, 6) is -0.911. The molecular formula is C15H21NO3. The summed E-state index contributed by atoms with van der Waals surface area (Å²) in [6.07, 6.45) is 4.69. The number of aliphatic hydroxyl groups is 1. The summed E-state index contributed by atoms with van der Waals surface area (Å²) in [4.78, 5) is 11.3. The van der Waals surface area contributed by atoms with E-state index in [4.69, 9.17) is 0 Å². The Morgan fingerprint density at radius 2 is 1.84 bits per heavy atom. The third kappa shape index (κ3) is 3.78. The van der Waals surface area contributed by atoms with Crippen molar-refractivity contribution in [1.82, 2.24) is 5.32 Å². The summed E-state index contributed by atoms with van der Waals surface area (Å²) < 4.78 is 0. The molecule has 1 aliphatic rings. The first kappa shape index (κ1) is 14.0. The average molecular weight is 263 g/mol. The van der Waals surface area contributed by atoms with E-state index < -0.39 is 17.6 Å². The van der Waals surface area contributed by atoms with Crippen LogP contribution < -0.4 is 5.32 Å². The average Bonchev–Trinajstić information content (AvgIpc) is 2.40. The van der Waals surface area contributed by atoms with Crippen LogP contribution in [0.1, 0.15) is 43.7 Å². The second-order valence-corrected chi connectivity index (χ2v) is 5.35. The Balaban J connectivity index is 2.00. The van der Waals surface area contributed by atoms with Gasteiger partial charge in [-0.25, -0.2) is 0 Å². The summed E-state index contributed by atoms with van der Waals surface area (Å²) in [5, 5.41) is 22.7. The molecule has 3 N–H and O–H groups in total. The molecule has 104 valence electrons. The third-order valence-corrected chi connectivity index (χ3v) is 3.80. The number of hydrogen-bond acceptors (Lipinski definition) is 3. The zero-order valence-corrected chi connectivity index (χ0v) is 11.0. The molecule has 0 spiro atoms. The number of carboxylic acid groups (broad SMARTS) is 1. The van der Waals surface area contributed by atoms with Crippen LogP contribution >= 0.6 is 0 Å². The van der Waals surface area contributed by atoms with E-state index in [2.05, 4.69) is 5.32 Å². The van der Waals surface area contributed by atoms with Crippen LogP contribution in [0.4, 0.5) is 0 Å². The van der Waals surface area contributed by atoms with Crippen LogP contribution in [0.15, 0.2) is 30.3 Å². The zero-order chi connectivity index (χ0) is 13.7. The molecule has 1 atom stereocenters. The SMILES string of the molecule is O=C(O)C(NCC1(O)CCCCC1)c1ccccc1. The van der Waals surface area contributed by atoms with Gasteiger partial charge < -0.3 is 10.2 Å². The second kappa shape index (κ2) is 6.17. The summed E-state index contributed by atoms with van der Waals surface area (Å²) in [6.45, 7) is 0.332. The highest BCUT2D eigenvalue weighted by molar-refractivity contribution is 5.75. The normalized spacial score (nSPS) is 19.8. The van der Waals surface area contributed by atoms with Crippen LogP contribution in [0.25, 0.3) is 0 Å². The molecule has 0 amide bonds. The molecule has 4 nitrogen and oxygen atoms in total. The van der Waals surface area contributed by atoms with Crippen LogP contribution in [0.2, 0.25) is 0 Å². The largest absolute Gasteiger partial charge is 0.480 e. The van der Waals surface area contributed by atoms with Gasteiger partial charge >= 0.3 is 5.97 Å². The minimum Gasteiger partial charge on any atom is -0.480 e. The molecule has 0 heterocycles. The number of aliphatic carboxylic acids is 1. The highest BCUT2D eigenvalue weighted by Crippen LogP contribution is 2.28. The second-order valence-electron chi connectivity index (χ2n) is 5.35. The first-order valence-electron chi connectivity index (χ1n) is 6.84. The summed E-state index contributed by atoms with van der Waals surface area (Å²) in [6, 6.07) is 8.32. The topological polar surface area (TPSA) is 69.6 Å². The maximum Gasteiger partial charge on any atom is 0.325 e. The molecular weight excluding hydrogens is 242 g/mol. The molecule has 2 rings (SSSR count). The Kier molecular flexibility index (Phi) is 4.56. The fraction of sp³-hybridized carbons (Fsp3) is 0.533. The highest BCUT2D eigenvalue weighted by atomic mass is 16.4. The minimum atomic E-state index is -0.911. The monoisotopic (exact) mass is 263 g/mol. The van der Waals surface area contributed by atoms with Crippen molar-refractivity contribution < 1.29 is 15.0 Å². The lowest BCUT2D eigenvalue weighted by atomic mass is 9.84. The Labute approximate surface area is 113 Å². The molecule has 0 aliphatic heterocycles. The van der Waals surface area contributed by atoms with E-state index in [1.165, 1.54) is 0 Å². The maximum atomic E-state index is 11.3. The fourth-order valence-electron chi connectivity index (χ4n) is 2.67. The van der Waals surface area contributed by atoms with E-state index in [0.717, 1.165) is 37.7 Å². The van der Waals surface area contributed by atoms with Crippen molar-refractivity contribution >= 4 is 5.97 Å². The van der Waals surface area contributed by atoms with Crippen molar-refractivity contribution in [2.75, 3.05) is 6.54 Å². The van der Waals surface area contributed by atoms with E-state index >= 15 is 0 Å². The van der Waals surface area contributed by atoms with Gasteiger partial charge in [-0.3, -0.25) is 10.1 Å². The molecule has 0 radical (unpaired) electrons. The zero-order valence-electron chi connectivity index (χ0n) is 11.0. The van der Waals surface area contributed by atoms with Crippen molar-refractivity contribution in [2.24, 2.45) is 0 Å². The lowest BCUT2D eigenvalue weighted by molar-refractivity contribution is -0.140. The predicted molar refractivity (Wildman–Crippen MR) is 72.9 cm³/mol. The molecule has 1 aromatic rings. The summed E-state index contributed by atoms with van der Waals surface area (Å²) >= 11 is 0. The number of hydrogen-bond donors (Lipinski definition) is 3. The molecule has 19 heavy (non-hydrogen) atoms. The Bertz CT molecular complexity index is 413. The smallest absolute Gasteiger partial charge is 0.325 e. The molecule has 0 aromatic heterocycles. The quantitative estimate of drug-likeness (QED) is 0.761. The van der Waals surface area contributed by atoms with Gasteiger partial charge in [0.15, 0.2) is 0 Å². The van der Waals surface area contributed by atoms with E-state index in [9.17, 15) is 15.0 Å². The van der Waals surface area contributed by atoms with Crippen molar-refractivity contribution in [2.45, 2.75) is 43.7 Å². The van der Waals surface area contributed by atoms with Gasteiger partial charge in [0.1, 0.15) is 6.04 Å². The third-order valence-electron chi connectivity index (χ3n) is 3.80. The van der Waals surface area contributed by atoms with Crippen molar-refractivity contribution in [1.29, 1.82) is 0 Å². The molecule has 1 aliphatic carbocycles. The van der Waals surface area contributed by atoms with Gasteiger partial charge in [-0.1, -0.05) is 49.6 Å². The predicted octanol–water partition coefficient (Wildman–Crippen LogP) is 2.10. The number of nitrogens with one attached hydrogen (secondary N) is 1. The van der Waals surface area contributed by atoms with Crippen LogP contribution in [0, 0.1) is 0 Å². The Morgan fingerprint density at radius 1 is 1.21 bits per heavy atom. The van der Waals surface area contributed by atoms with Crippen molar-refractivity contribution in [3.05, 3.63) is 35.9 Å². The van der Waals surface area contributed by atoms with Crippen molar-refractivity contribution in [3.8, 4) is 0 Å². The van der Waals surface area contributed by atoms with Crippen molar-refractivity contribution in [3.63, 3.8) is 0 Å². The van der Waals surface area contributed by atoms with E-state index in [1.54, 1.807) is 12.1 Å². The standard InChI is InChI=1S/C15H21NO3/c17-14(18)13(12-7-3-1-4-8-12)16-11-15(19)9-5-2-6-10-15/h1,3-4,7-8,13,16,19H,2,5-6,9-11H2,(H,17,18). The van der Waals surface area contributed by atoms with Crippen LogP contribution in [0.5, 0.6) is 0 Å². The van der Waals surface area contributed by atoms with Gasteiger partial charge in [0.25, 0.3) is 0 Å². The van der Waals surface area contributed by atoms with Gasteiger partial charge in [-0.2, -0.15) is 0 Å². The summed E-state index contributed by atoms with van der Waals surface area (Å²) in [5.41, 5.74) is -0.0322. The minimum absolute atomic E-state index is 0.332. The number of rotatable bonds is 5. The lowest BCUT2D eigenvalue weighted by Crippen LogP contribution is -2.44. The Morgan fingerprint density at radius 3 is 2.42 bits per heavy atom. The van der Waals surface area contributed by atoms with E-state index in [-0.39, 0.29) is 0 Å². The molecule has 1 saturated carbocycles. The van der Waals surface area contributed by atoms with E-state index in [0.29, 0.717) is 6.54 Å². The number of benzene rings is 1. The first-order chi connectivity index (χ1) is 9.11. The van der Waals surface area contributed by atoms with Crippen LogP contribution in [0.3, 0.4) is 0 Å². The maximum absolute atomic E-state index is 11.3. The van der Waals surface area contributed by atoms with Gasteiger partial charge in [0.2, 0.25) is 0 Å². The molecule has 1 aromatic carbocycles. The molecule has 1 fully saturated rings. The van der Waals surface area contributed by atoms with Gasteiger partial charge in [0, 0.05) is 6.54 Å². The number of carbonyl (C=O) groups is 1. The van der Waals surface area contributed by atoms with Gasteiger partial charge in [0.05, 0.1) is 5.60 Å². The van der Waals surface area contributed by atoms with E-state index in [1.807, 2.05) is 18.2 Å². The van der Waals surface area contributed by atoms with Gasteiger partial charge in [-0.15, -0.1) is 0 Å². The van der Waals surface area contributed by atoms with Crippen LogP contribution in [-0.4, -0.2) is 28.3 Å². The molecule has 1 unspecified atom stereocenters. The lowest BCUT2D eigenvalue weighted by Gasteiger charge is -2.33. The summed E-state index contributed by atoms with van der Waals surface area (Å²) in [7, 11) is 0. The highest BCUT2D eigenvalue weighted by Gasteiger charge is 2.31. The van der Waals surface area contributed by atoms with Gasteiger partial charge in [-0.05, 0) is 18.4 Å². The Hall–Kier alpha value is -1.39. The first-order valence-corrected chi connectivity index (χ1v) is 6.84. The molecule has 0 bridgehead atoms. The molecule has 0 saturated heterocycles. The molecule has 4 heteroatoms. The fourth-order valence-corrected chi connectivity index (χ4v) is 2.67.